The minimum absolute atomic E-state index is 0.339. The number of hydrogen-bond acceptors (Lipinski definition) is 5. The van der Waals surface area contributed by atoms with Crippen molar-refractivity contribution in [3.05, 3.63) is 29.3 Å². The summed E-state index contributed by atoms with van der Waals surface area (Å²) in [5.41, 5.74) is 1.78. The fourth-order valence-electron chi connectivity index (χ4n) is 1.74. The van der Waals surface area contributed by atoms with Crippen molar-refractivity contribution >= 4 is 11.3 Å². The van der Waals surface area contributed by atoms with E-state index >= 15 is 0 Å². The Morgan fingerprint density at radius 3 is 2.90 bits per heavy atom. The summed E-state index contributed by atoms with van der Waals surface area (Å²) in [5.74, 6) is 1.44. The molecule has 1 aromatic heterocycles. The zero-order chi connectivity index (χ0) is 14.4. The third-order valence-corrected chi connectivity index (χ3v) is 3.62. The van der Waals surface area contributed by atoms with E-state index in [1.807, 2.05) is 23.6 Å². The number of thiazole rings is 1. The lowest BCUT2D eigenvalue weighted by Gasteiger charge is -2.10. The van der Waals surface area contributed by atoms with Crippen LogP contribution in [0.25, 0.3) is 10.6 Å². The number of ether oxygens (including phenoxy) is 2. The average Bonchev–Trinajstić information content (AvgIpc) is 2.94. The zero-order valence-corrected chi connectivity index (χ0v) is 12.4. The van der Waals surface area contributed by atoms with Gasteiger partial charge in [-0.1, -0.05) is 6.92 Å². The molecule has 0 aliphatic rings. The van der Waals surface area contributed by atoms with Crippen LogP contribution in [0.1, 0.15) is 19.0 Å². The molecule has 0 saturated carbocycles. The van der Waals surface area contributed by atoms with E-state index < -0.39 is 0 Å². The minimum Gasteiger partial charge on any atom is -0.493 e. The molecule has 1 aromatic carbocycles. The van der Waals surface area contributed by atoms with E-state index in [1.165, 1.54) is 11.3 Å². The van der Waals surface area contributed by atoms with Gasteiger partial charge in [-0.15, -0.1) is 11.3 Å². The Labute approximate surface area is 122 Å². The topological polar surface area (TPSA) is 55.1 Å². The number of methoxy groups -OCH3 is 1. The lowest BCUT2D eigenvalue weighted by atomic mass is 10.2. The first-order chi connectivity index (χ1) is 9.78. The van der Waals surface area contributed by atoms with Gasteiger partial charge in [-0.05, 0) is 24.6 Å². The number of hydrogen-bond donors (Lipinski definition) is 0. The van der Waals surface area contributed by atoms with E-state index in [0.29, 0.717) is 13.0 Å². The Kier molecular flexibility index (Phi) is 4.97. The van der Waals surface area contributed by atoms with E-state index in [2.05, 4.69) is 18.0 Å². The second-order valence-electron chi connectivity index (χ2n) is 4.19. The fraction of sp³-hybridized carbons (Fsp3) is 0.333. The van der Waals surface area contributed by atoms with E-state index in [9.17, 15) is 0 Å². The summed E-state index contributed by atoms with van der Waals surface area (Å²) < 4.78 is 11.0. The van der Waals surface area contributed by atoms with Crippen LogP contribution in [0.4, 0.5) is 0 Å². The van der Waals surface area contributed by atoms with Crippen LogP contribution in [-0.2, 0) is 6.42 Å². The average molecular weight is 288 g/mol. The maximum absolute atomic E-state index is 8.69. The molecule has 0 radical (unpaired) electrons. The summed E-state index contributed by atoms with van der Waals surface area (Å²) >= 11 is 1.53. The lowest BCUT2D eigenvalue weighted by Crippen LogP contribution is -1.98. The Morgan fingerprint density at radius 1 is 1.35 bits per heavy atom. The van der Waals surface area contributed by atoms with Gasteiger partial charge in [0.15, 0.2) is 11.5 Å². The van der Waals surface area contributed by atoms with Crippen LogP contribution < -0.4 is 9.47 Å². The first-order valence-corrected chi connectivity index (χ1v) is 7.29. The van der Waals surface area contributed by atoms with Gasteiger partial charge in [-0.2, -0.15) is 5.26 Å². The van der Waals surface area contributed by atoms with Gasteiger partial charge in [-0.3, -0.25) is 0 Å². The lowest BCUT2D eigenvalue weighted by molar-refractivity contribution is 0.294. The van der Waals surface area contributed by atoms with Crippen molar-refractivity contribution < 1.29 is 9.47 Å². The number of rotatable bonds is 6. The smallest absolute Gasteiger partial charge is 0.161 e. The van der Waals surface area contributed by atoms with Gasteiger partial charge in [-0.25, -0.2) is 4.98 Å². The molecular weight excluding hydrogens is 272 g/mol. The number of benzene rings is 1. The molecule has 5 heteroatoms. The molecule has 104 valence electrons. The Balaban J connectivity index is 2.29. The highest BCUT2D eigenvalue weighted by Gasteiger charge is 2.10. The number of aromatic nitrogens is 1. The fourth-order valence-corrected chi connectivity index (χ4v) is 2.55. The summed E-state index contributed by atoms with van der Waals surface area (Å²) in [5, 5.41) is 11.5. The molecule has 0 bridgehead atoms. The van der Waals surface area contributed by atoms with Crippen molar-refractivity contribution in [1.82, 2.24) is 4.98 Å². The monoisotopic (exact) mass is 288 g/mol. The van der Waals surface area contributed by atoms with E-state index in [4.69, 9.17) is 14.7 Å². The van der Waals surface area contributed by atoms with Crippen LogP contribution in [-0.4, -0.2) is 18.7 Å². The predicted octanol–water partition coefficient (Wildman–Crippen LogP) is 3.67. The largest absolute Gasteiger partial charge is 0.493 e. The van der Waals surface area contributed by atoms with E-state index in [1.54, 1.807) is 7.11 Å². The van der Waals surface area contributed by atoms with Gasteiger partial charge in [0.25, 0.3) is 0 Å². The molecule has 0 unspecified atom stereocenters. The quantitative estimate of drug-likeness (QED) is 0.813. The molecule has 0 spiro atoms. The summed E-state index contributed by atoms with van der Waals surface area (Å²) in [6.45, 7) is 2.71. The van der Waals surface area contributed by atoms with Gasteiger partial charge in [0.2, 0.25) is 0 Å². The molecule has 0 aliphatic heterocycles. The normalized spacial score (nSPS) is 10.1. The van der Waals surface area contributed by atoms with Gasteiger partial charge < -0.3 is 9.47 Å². The van der Waals surface area contributed by atoms with Crippen molar-refractivity contribution in [2.45, 2.75) is 19.8 Å². The Morgan fingerprint density at radius 2 is 2.20 bits per heavy atom. The van der Waals surface area contributed by atoms with Gasteiger partial charge in [0.1, 0.15) is 5.01 Å². The van der Waals surface area contributed by atoms with E-state index in [-0.39, 0.29) is 0 Å². The molecule has 20 heavy (non-hydrogen) atoms. The second-order valence-corrected chi connectivity index (χ2v) is 5.05. The van der Waals surface area contributed by atoms with Crippen LogP contribution >= 0.6 is 11.3 Å². The first kappa shape index (κ1) is 14.4. The SMILES string of the molecule is CCCOc1cc(-c2nc(CC#N)cs2)ccc1OC. The molecule has 0 saturated heterocycles. The van der Waals surface area contributed by atoms with Gasteiger partial charge >= 0.3 is 0 Å². The molecule has 0 amide bonds. The summed E-state index contributed by atoms with van der Waals surface area (Å²) in [7, 11) is 1.63. The van der Waals surface area contributed by atoms with Crippen molar-refractivity contribution in [2.75, 3.05) is 13.7 Å². The highest BCUT2D eigenvalue weighted by Crippen LogP contribution is 2.33. The molecule has 1 heterocycles. The highest BCUT2D eigenvalue weighted by atomic mass is 32.1. The van der Waals surface area contributed by atoms with Crippen LogP contribution in [0.2, 0.25) is 0 Å². The van der Waals surface area contributed by atoms with Crippen molar-refractivity contribution in [2.24, 2.45) is 0 Å². The summed E-state index contributed by atoms with van der Waals surface area (Å²) in [6, 6.07) is 7.87. The van der Waals surface area contributed by atoms with Gasteiger partial charge in [0.05, 0.1) is 31.9 Å². The highest BCUT2D eigenvalue weighted by molar-refractivity contribution is 7.13. The van der Waals surface area contributed by atoms with Crippen LogP contribution in [0.3, 0.4) is 0 Å². The molecule has 0 aliphatic carbocycles. The third-order valence-electron chi connectivity index (χ3n) is 2.68. The van der Waals surface area contributed by atoms with Crippen LogP contribution in [0, 0.1) is 11.3 Å². The van der Waals surface area contributed by atoms with Crippen LogP contribution in [0.5, 0.6) is 11.5 Å². The number of nitrogens with zero attached hydrogens (tertiary/aromatic N) is 2. The predicted molar refractivity (Wildman–Crippen MR) is 79.2 cm³/mol. The Bertz CT molecular complexity index is 617. The molecule has 4 nitrogen and oxygen atoms in total. The third kappa shape index (κ3) is 3.28. The van der Waals surface area contributed by atoms with Crippen molar-refractivity contribution in [3.63, 3.8) is 0 Å². The van der Waals surface area contributed by atoms with Crippen molar-refractivity contribution in [1.29, 1.82) is 5.26 Å². The van der Waals surface area contributed by atoms with E-state index in [0.717, 1.165) is 34.2 Å². The second kappa shape index (κ2) is 6.92. The maximum atomic E-state index is 8.69. The summed E-state index contributed by atoms with van der Waals surface area (Å²) in [6.07, 6.45) is 1.28. The molecule has 2 rings (SSSR count). The molecule has 0 atom stereocenters. The molecule has 2 aromatic rings. The van der Waals surface area contributed by atoms with Crippen LogP contribution in [0.15, 0.2) is 23.6 Å². The van der Waals surface area contributed by atoms with Crippen molar-refractivity contribution in [3.8, 4) is 28.1 Å². The molecule has 0 N–H and O–H groups in total. The minimum atomic E-state index is 0.339. The van der Waals surface area contributed by atoms with Gasteiger partial charge in [0, 0.05) is 10.9 Å². The molecular formula is C15H16N2O2S. The standard InChI is InChI=1S/C15H16N2O2S/c1-3-8-19-14-9-11(4-5-13(14)18-2)15-17-12(6-7-16)10-20-15/h4-5,9-10H,3,6,8H2,1-2H3. The first-order valence-electron chi connectivity index (χ1n) is 6.41. The molecule has 0 fully saturated rings. The zero-order valence-electron chi connectivity index (χ0n) is 11.5. The Hall–Kier alpha value is -2.06. The summed E-state index contributed by atoms with van der Waals surface area (Å²) in [4.78, 5) is 4.45. The maximum Gasteiger partial charge on any atom is 0.161 e. The number of nitriles is 1.